The van der Waals surface area contributed by atoms with Gasteiger partial charge in [-0.2, -0.15) is 0 Å². The smallest absolute Gasteiger partial charge is 0.268 e. The van der Waals surface area contributed by atoms with Crippen molar-refractivity contribution in [3.63, 3.8) is 0 Å². The lowest BCUT2D eigenvalue weighted by Crippen LogP contribution is -2.34. The van der Waals surface area contributed by atoms with E-state index in [1.54, 1.807) is 7.05 Å². The summed E-state index contributed by atoms with van der Waals surface area (Å²) in [6.07, 6.45) is 0. The van der Waals surface area contributed by atoms with Gasteiger partial charge in [-0.05, 0) is 0 Å². The molecule has 74 valence electrons. The van der Waals surface area contributed by atoms with Crippen LogP contribution >= 0.6 is 0 Å². The molecule has 1 rings (SSSR count). The number of primary amides is 1. The van der Waals surface area contributed by atoms with Gasteiger partial charge in [0.05, 0.1) is 6.67 Å². The Bertz CT molecular complexity index is 237. The monoisotopic (exact) mass is 185 g/mol. The molecule has 0 spiro atoms. The van der Waals surface area contributed by atoms with Crippen LogP contribution in [0.2, 0.25) is 0 Å². The van der Waals surface area contributed by atoms with Crippen molar-refractivity contribution in [1.29, 1.82) is 0 Å². The zero-order valence-electron chi connectivity index (χ0n) is 7.63. The quantitative estimate of drug-likeness (QED) is 0.394. The zero-order valence-corrected chi connectivity index (χ0v) is 7.63. The van der Waals surface area contributed by atoms with Gasteiger partial charge in [0.1, 0.15) is 11.5 Å². The van der Waals surface area contributed by atoms with E-state index in [9.17, 15) is 4.79 Å². The van der Waals surface area contributed by atoms with Crippen LogP contribution in [-0.4, -0.2) is 37.6 Å². The second-order valence-electron chi connectivity index (χ2n) is 2.72. The number of hydrogen-bond acceptors (Lipinski definition) is 5. The molecule has 1 aliphatic rings. The van der Waals surface area contributed by atoms with Gasteiger partial charge in [-0.1, -0.05) is 0 Å². The summed E-state index contributed by atoms with van der Waals surface area (Å²) in [4.78, 5) is 12.9. The fourth-order valence-corrected chi connectivity index (χ4v) is 1.33. The number of hydrogen-bond donors (Lipinski definition) is 4. The molecule has 0 radical (unpaired) electrons. The Hall–Kier alpha value is -1.43. The first-order valence-corrected chi connectivity index (χ1v) is 4.11. The molecule has 0 atom stereocenters. The molecule has 13 heavy (non-hydrogen) atoms. The summed E-state index contributed by atoms with van der Waals surface area (Å²) in [5, 5.41) is 5.88. The minimum Gasteiger partial charge on any atom is -0.373 e. The summed E-state index contributed by atoms with van der Waals surface area (Å²) in [6, 6.07) is 0. The number of carbonyl (C=O) groups excluding carboxylic acids is 1. The number of nitrogens with zero attached hydrogens (tertiary/aromatic N) is 1. The first-order chi connectivity index (χ1) is 6.20. The van der Waals surface area contributed by atoms with Gasteiger partial charge >= 0.3 is 0 Å². The number of nitrogens with one attached hydrogen (secondary N) is 2. The topological polar surface area (TPSA) is 96.4 Å². The lowest BCUT2D eigenvalue weighted by molar-refractivity contribution is -0.115. The van der Waals surface area contributed by atoms with Crippen LogP contribution in [0.4, 0.5) is 0 Å². The van der Waals surface area contributed by atoms with Gasteiger partial charge < -0.3 is 27.0 Å². The molecule has 0 saturated heterocycles. The standard InChI is InChI=1S/C7H15N5O/c1-10-7-5(6(9)13)12(3-2-8)4-11-7/h10-11H,2-4,8H2,1H3,(H2,9,13). The molecule has 0 saturated carbocycles. The molecule has 6 heteroatoms. The van der Waals surface area contributed by atoms with E-state index in [-0.39, 0.29) is 0 Å². The third-order valence-corrected chi connectivity index (χ3v) is 1.88. The summed E-state index contributed by atoms with van der Waals surface area (Å²) in [5.74, 6) is 0.226. The molecule has 0 aliphatic carbocycles. The van der Waals surface area contributed by atoms with Crippen molar-refractivity contribution in [3.05, 3.63) is 11.5 Å². The van der Waals surface area contributed by atoms with E-state index >= 15 is 0 Å². The molecular weight excluding hydrogens is 170 g/mol. The minimum absolute atomic E-state index is 0.442. The molecule has 0 bridgehead atoms. The summed E-state index contributed by atoms with van der Waals surface area (Å²) in [5.41, 5.74) is 11.1. The molecule has 0 fully saturated rings. The van der Waals surface area contributed by atoms with Gasteiger partial charge in [-0.3, -0.25) is 4.79 Å². The average molecular weight is 185 g/mol. The Labute approximate surface area is 76.9 Å². The second kappa shape index (κ2) is 3.99. The summed E-state index contributed by atoms with van der Waals surface area (Å²) < 4.78 is 0. The first-order valence-electron chi connectivity index (χ1n) is 4.11. The van der Waals surface area contributed by atoms with Crippen molar-refractivity contribution in [2.75, 3.05) is 26.8 Å². The number of amides is 1. The van der Waals surface area contributed by atoms with Gasteiger partial charge in [0, 0.05) is 20.1 Å². The van der Waals surface area contributed by atoms with E-state index in [4.69, 9.17) is 11.5 Å². The van der Waals surface area contributed by atoms with Crippen LogP contribution in [0.15, 0.2) is 11.5 Å². The van der Waals surface area contributed by atoms with Crippen molar-refractivity contribution in [2.24, 2.45) is 11.5 Å². The van der Waals surface area contributed by atoms with Crippen LogP contribution in [0.5, 0.6) is 0 Å². The van der Waals surface area contributed by atoms with Crippen LogP contribution in [0, 0.1) is 0 Å². The zero-order chi connectivity index (χ0) is 9.84. The molecule has 0 unspecified atom stereocenters. The number of carbonyl (C=O) groups is 1. The molecule has 1 heterocycles. The van der Waals surface area contributed by atoms with Gasteiger partial charge in [0.2, 0.25) is 0 Å². The highest BCUT2D eigenvalue weighted by Gasteiger charge is 2.24. The minimum atomic E-state index is -0.442. The van der Waals surface area contributed by atoms with Crippen LogP contribution in [0.3, 0.4) is 0 Å². The van der Waals surface area contributed by atoms with Crippen LogP contribution in [0.25, 0.3) is 0 Å². The summed E-state index contributed by atoms with van der Waals surface area (Å²) in [7, 11) is 1.73. The van der Waals surface area contributed by atoms with Gasteiger partial charge in [0.15, 0.2) is 0 Å². The molecule has 0 aromatic carbocycles. The van der Waals surface area contributed by atoms with Crippen LogP contribution in [-0.2, 0) is 4.79 Å². The van der Waals surface area contributed by atoms with Crippen molar-refractivity contribution in [3.8, 4) is 0 Å². The molecule has 6 N–H and O–H groups in total. The third kappa shape index (κ3) is 1.83. The van der Waals surface area contributed by atoms with Gasteiger partial charge in [0.25, 0.3) is 5.91 Å². The third-order valence-electron chi connectivity index (χ3n) is 1.88. The Morgan fingerprint density at radius 3 is 2.92 bits per heavy atom. The normalized spacial score (nSPS) is 16.0. The van der Waals surface area contributed by atoms with E-state index in [0.29, 0.717) is 31.3 Å². The maximum Gasteiger partial charge on any atom is 0.268 e. The highest BCUT2D eigenvalue weighted by molar-refractivity contribution is 5.92. The Morgan fingerprint density at radius 2 is 2.46 bits per heavy atom. The van der Waals surface area contributed by atoms with Crippen molar-refractivity contribution in [2.45, 2.75) is 0 Å². The van der Waals surface area contributed by atoms with E-state index in [1.165, 1.54) is 0 Å². The molecule has 6 nitrogen and oxygen atoms in total. The van der Waals surface area contributed by atoms with E-state index in [0.717, 1.165) is 0 Å². The molecule has 0 aromatic heterocycles. The summed E-state index contributed by atoms with van der Waals surface area (Å²) in [6.45, 7) is 1.69. The SMILES string of the molecule is CNC1=C(C(N)=O)N(CCN)CN1. The lowest BCUT2D eigenvalue weighted by atomic mass is 10.3. The predicted molar refractivity (Wildman–Crippen MR) is 49.0 cm³/mol. The maximum absolute atomic E-state index is 11.1. The van der Waals surface area contributed by atoms with Crippen molar-refractivity contribution >= 4 is 5.91 Å². The largest absolute Gasteiger partial charge is 0.373 e. The van der Waals surface area contributed by atoms with Crippen LogP contribution < -0.4 is 22.1 Å². The predicted octanol–water partition coefficient (Wildman–Crippen LogP) is -2.32. The number of nitrogens with two attached hydrogens (primary N) is 2. The Morgan fingerprint density at radius 1 is 1.77 bits per heavy atom. The van der Waals surface area contributed by atoms with E-state index < -0.39 is 5.91 Å². The van der Waals surface area contributed by atoms with E-state index in [1.807, 2.05) is 4.90 Å². The van der Waals surface area contributed by atoms with Gasteiger partial charge in [-0.15, -0.1) is 0 Å². The van der Waals surface area contributed by atoms with Crippen molar-refractivity contribution in [1.82, 2.24) is 15.5 Å². The van der Waals surface area contributed by atoms with Gasteiger partial charge in [-0.25, -0.2) is 0 Å². The second-order valence-corrected chi connectivity index (χ2v) is 2.72. The highest BCUT2D eigenvalue weighted by atomic mass is 16.1. The summed E-state index contributed by atoms with van der Waals surface area (Å²) >= 11 is 0. The molecule has 0 aromatic rings. The van der Waals surface area contributed by atoms with Crippen LogP contribution in [0.1, 0.15) is 0 Å². The van der Waals surface area contributed by atoms with E-state index in [2.05, 4.69) is 10.6 Å². The maximum atomic E-state index is 11.1. The highest BCUT2D eigenvalue weighted by Crippen LogP contribution is 2.11. The fourth-order valence-electron chi connectivity index (χ4n) is 1.33. The Balaban J connectivity index is 2.80. The fraction of sp³-hybridized carbons (Fsp3) is 0.571. The number of rotatable bonds is 4. The first kappa shape index (κ1) is 9.66. The Kier molecular flexibility index (Phi) is 2.97. The molecule has 1 amide bonds. The lowest BCUT2D eigenvalue weighted by Gasteiger charge is -2.17. The average Bonchev–Trinajstić information content (AvgIpc) is 2.48. The van der Waals surface area contributed by atoms with Crippen molar-refractivity contribution < 1.29 is 4.79 Å². The molecular formula is C7H15N5O. The molecule has 1 aliphatic heterocycles.